The minimum absolute atomic E-state index is 0.204. The number of quaternary nitrogens is 1. The van der Waals surface area contributed by atoms with Crippen LogP contribution in [0.25, 0.3) is 0 Å². The third kappa shape index (κ3) is 15.7. The quantitative estimate of drug-likeness (QED) is 0.129. The molecule has 1 aliphatic rings. The first-order valence-corrected chi connectivity index (χ1v) is 14.9. The highest BCUT2D eigenvalue weighted by molar-refractivity contribution is 5.77. The van der Waals surface area contributed by atoms with E-state index in [0.717, 1.165) is 56.6 Å². The number of nitrogens with zero attached hydrogens (tertiary/aromatic N) is 2. The van der Waals surface area contributed by atoms with Crippen LogP contribution in [-0.2, 0) is 9.59 Å². The fraction of sp³-hybridized carbons (Fsp3) is 0.931. The van der Waals surface area contributed by atoms with Gasteiger partial charge in [0.1, 0.15) is 0 Å². The summed E-state index contributed by atoms with van der Waals surface area (Å²) in [5.74, 6) is 0.504. The van der Waals surface area contributed by atoms with Crippen LogP contribution >= 0.6 is 0 Å². The highest BCUT2D eigenvalue weighted by Gasteiger charge is 2.28. The summed E-state index contributed by atoms with van der Waals surface area (Å²) in [6.45, 7) is 8.94. The molecule has 1 atom stereocenters. The van der Waals surface area contributed by atoms with E-state index in [1.807, 2.05) is 4.90 Å². The minimum Gasteiger partial charge on any atom is -0.356 e. The van der Waals surface area contributed by atoms with Crippen molar-refractivity contribution in [3.63, 3.8) is 0 Å². The topological polar surface area (TPSA) is 49.4 Å². The van der Waals surface area contributed by atoms with Crippen molar-refractivity contribution in [3.05, 3.63) is 0 Å². The van der Waals surface area contributed by atoms with Gasteiger partial charge in [0.2, 0.25) is 11.8 Å². The molecule has 200 valence electrons. The van der Waals surface area contributed by atoms with Gasteiger partial charge in [0.15, 0.2) is 6.67 Å². The maximum atomic E-state index is 12.1. The van der Waals surface area contributed by atoms with Crippen LogP contribution < -0.4 is 5.32 Å². The Balaban J connectivity index is 1.88. The van der Waals surface area contributed by atoms with Gasteiger partial charge in [0, 0.05) is 32.4 Å². The zero-order valence-electron chi connectivity index (χ0n) is 23.2. The molecule has 0 saturated carbocycles. The van der Waals surface area contributed by atoms with Gasteiger partial charge >= 0.3 is 0 Å². The molecule has 1 heterocycles. The molecule has 0 aromatic carbocycles. The molecule has 5 heteroatoms. The predicted molar refractivity (Wildman–Crippen MR) is 145 cm³/mol. The standard InChI is InChI=1S/C29H57N3O2/c1-4-6-7-8-9-10-11-12-13-14-15-16-17-18-19-22-28(33)30-24-21-26-32(3,5-2)27-31-25-20-23-29(31)34/h4-27H2,1-3H3/p+1. The van der Waals surface area contributed by atoms with E-state index in [-0.39, 0.29) is 5.91 Å². The van der Waals surface area contributed by atoms with Gasteiger partial charge in [-0.05, 0) is 19.8 Å². The molecule has 0 spiro atoms. The van der Waals surface area contributed by atoms with E-state index >= 15 is 0 Å². The summed E-state index contributed by atoms with van der Waals surface area (Å²) < 4.78 is 0.876. The normalized spacial score (nSPS) is 15.6. The molecule has 0 aromatic heterocycles. The smallest absolute Gasteiger partial charge is 0.226 e. The van der Waals surface area contributed by atoms with Gasteiger partial charge in [-0.15, -0.1) is 0 Å². The Kier molecular flexibility index (Phi) is 18.3. The molecule has 1 fully saturated rings. The fourth-order valence-electron chi connectivity index (χ4n) is 5.03. The number of carbonyl (C=O) groups excluding carboxylic acids is 2. The van der Waals surface area contributed by atoms with Crippen LogP contribution in [0.1, 0.15) is 136 Å². The Bertz CT molecular complexity index is 526. The lowest BCUT2D eigenvalue weighted by Crippen LogP contribution is -2.52. The van der Waals surface area contributed by atoms with Gasteiger partial charge in [-0.3, -0.25) is 14.5 Å². The van der Waals surface area contributed by atoms with E-state index in [1.54, 1.807) is 0 Å². The molecule has 0 bridgehead atoms. The van der Waals surface area contributed by atoms with Crippen molar-refractivity contribution >= 4 is 11.8 Å². The van der Waals surface area contributed by atoms with E-state index in [9.17, 15) is 9.59 Å². The van der Waals surface area contributed by atoms with E-state index in [0.29, 0.717) is 18.7 Å². The molecule has 1 unspecified atom stereocenters. The molecule has 2 amide bonds. The number of hydrogen-bond acceptors (Lipinski definition) is 2. The first-order valence-electron chi connectivity index (χ1n) is 14.9. The summed E-state index contributed by atoms with van der Waals surface area (Å²) in [6.07, 6.45) is 23.6. The fourth-order valence-corrected chi connectivity index (χ4v) is 5.03. The van der Waals surface area contributed by atoms with E-state index in [2.05, 4.69) is 26.2 Å². The Morgan fingerprint density at radius 2 is 1.35 bits per heavy atom. The molecule has 1 rings (SSSR count). The van der Waals surface area contributed by atoms with E-state index in [4.69, 9.17) is 0 Å². The second-order valence-corrected chi connectivity index (χ2v) is 11.0. The Labute approximate surface area is 212 Å². The van der Waals surface area contributed by atoms with Crippen LogP contribution in [0.4, 0.5) is 0 Å². The molecule has 1 aliphatic heterocycles. The molecule has 1 saturated heterocycles. The summed E-state index contributed by atoms with van der Waals surface area (Å²) in [6, 6.07) is 0. The van der Waals surface area contributed by atoms with Gasteiger partial charge in [0.05, 0.1) is 20.1 Å². The zero-order valence-corrected chi connectivity index (χ0v) is 23.2. The lowest BCUT2D eigenvalue weighted by Gasteiger charge is -2.36. The number of amides is 2. The highest BCUT2D eigenvalue weighted by atomic mass is 16.2. The monoisotopic (exact) mass is 480 g/mol. The third-order valence-electron chi connectivity index (χ3n) is 7.65. The minimum atomic E-state index is 0.204. The van der Waals surface area contributed by atoms with Crippen molar-refractivity contribution in [1.82, 2.24) is 10.2 Å². The largest absolute Gasteiger partial charge is 0.356 e. The Morgan fingerprint density at radius 1 is 0.824 bits per heavy atom. The predicted octanol–water partition coefficient (Wildman–Crippen LogP) is 6.80. The lowest BCUT2D eigenvalue weighted by atomic mass is 10.0. The van der Waals surface area contributed by atoms with Crippen molar-refractivity contribution in [2.75, 3.05) is 39.9 Å². The Morgan fingerprint density at radius 3 is 1.82 bits per heavy atom. The van der Waals surface area contributed by atoms with E-state index in [1.165, 1.54) is 89.9 Å². The van der Waals surface area contributed by atoms with Crippen molar-refractivity contribution in [2.45, 2.75) is 136 Å². The number of carbonyl (C=O) groups is 2. The van der Waals surface area contributed by atoms with Crippen LogP contribution in [0.5, 0.6) is 0 Å². The molecule has 0 aromatic rings. The number of rotatable bonds is 23. The van der Waals surface area contributed by atoms with E-state index < -0.39 is 0 Å². The Hall–Kier alpha value is -1.10. The number of likely N-dealkylation sites (tertiary alicyclic amines) is 1. The van der Waals surface area contributed by atoms with Gasteiger partial charge in [0.25, 0.3) is 0 Å². The van der Waals surface area contributed by atoms with Crippen LogP contribution in [-0.4, -0.2) is 61.1 Å². The van der Waals surface area contributed by atoms with Crippen molar-refractivity contribution in [1.29, 1.82) is 0 Å². The van der Waals surface area contributed by atoms with Crippen LogP contribution in [0.2, 0.25) is 0 Å². The maximum absolute atomic E-state index is 12.1. The van der Waals surface area contributed by atoms with Gasteiger partial charge in [-0.2, -0.15) is 0 Å². The van der Waals surface area contributed by atoms with Crippen molar-refractivity contribution in [2.24, 2.45) is 0 Å². The van der Waals surface area contributed by atoms with Gasteiger partial charge in [-0.25, -0.2) is 0 Å². The summed E-state index contributed by atoms with van der Waals surface area (Å²) in [5.41, 5.74) is 0. The molecule has 1 N–H and O–H groups in total. The second-order valence-electron chi connectivity index (χ2n) is 11.0. The molecule has 5 nitrogen and oxygen atoms in total. The SMILES string of the molecule is CCCCCCCCCCCCCCCCCC(=O)NCCC[N+](C)(CC)CN1CCCC1=O. The summed E-state index contributed by atoms with van der Waals surface area (Å²) in [5, 5.41) is 3.10. The molecule has 34 heavy (non-hydrogen) atoms. The molecular weight excluding hydrogens is 422 g/mol. The van der Waals surface area contributed by atoms with Gasteiger partial charge < -0.3 is 9.80 Å². The van der Waals surface area contributed by atoms with Crippen molar-refractivity contribution in [3.8, 4) is 0 Å². The summed E-state index contributed by atoms with van der Waals surface area (Å²) in [7, 11) is 2.23. The van der Waals surface area contributed by atoms with Crippen LogP contribution in [0, 0.1) is 0 Å². The third-order valence-corrected chi connectivity index (χ3v) is 7.65. The van der Waals surface area contributed by atoms with Crippen LogP contribution in [0.3, 0.4) is 0 Å². The highest BCUT2D eigenvalue weighted by Crippen LogP contribution is 2.15. The average Bonchev–Trinajstić information content (AvgIpc) is 3.23. The maximum Gasteiger partial charge on any atom is 0.226 e. The van der Waals surface area contributed by atoms with Gasteiger partial charge in [-0.1, -0.05) is 96.8 Å². The molecule has 0 radical (unpaired) electrons. The first-order chi connectivity index (χ1) is 16.5. The lowest BCUT2D eigenvalue weighted by molar-refractivity contribution is -0.916. The zero-order chi connectivity index (χ0) is 24.9. The molecular formula is C29H58N3O2+. The summed E-state index contributed by atoms with van der Waals surface area (Å²) >= 11 is 0. The van der Waals surface area contributed by atoms with Crippen LogP contribution in [0.15, 0.2) is 0 Å². The number of nitrogens with one attached hydrogen (secondary N) is 1. The number of hydrogen-bond donors (Lipinski definition) is 1. The molecule has 0 aliphatic carbocycles. The summed E-state index contributed by atoms with van der Waals surface area (Å²) in [4.78, 5) is 26.1. The van der Waals surface area contributed by atoms with Crippen molar-refractivity contribution < 1.29 is 14.1 Å². The average molecular weight is 481 g/mol. The second kappa shape index (κ2) is 20.1. The first kappa shape index (κ1) is 30.9. The number of unbranched alkanes of at least 4 members (excludes halogenated alkanes) is 14.